The zero-order chi connectivity index (χ0) is 20.4. The summed E-state index contributed by atoms with van der Waals surface area (Å²) in [5, 5.41) is 4.36. The number of rotatable bonds is 5. The number of halogens is 1. The second-order valence-electron chi connectivity index (χ2n) is 6.43. The lowest BCUT2D eigenvalue weighted by Gasteiger charge is -2.10. The maximum absolute atomic E-state index is 14.4. The second-order valence-corrected chi connectivity index (χ2v) is 7.44. The maximum atomic E-state index is 14.4. The first kappa shape index (κ1) is 19.0. The van der Waals surface area contributed by atoms with Gasteiger partial charge in [0.1, 0.15) is 23.9 Å². The summed E-state index contributed by atoms with van der Waals surface area (Å²) in [6, 6.07) is 11.5. The molecule has 0 aromatic heterocycles. The lowest BCUT2D eigenvalue weighted by atomic mass is 10.1. The van der Waals surface area contributed by atoms with Gasteiger partial charge in [0.15, 0.2) is 0 Å². The fraction of sp³-hybridized carbons (Fsp3) is 0.150. The van der Waals surface area contributed by atoms with Crippen molar-refractivity contribution in [2.45, 2.75) is 12.5 Å². The molecule has 2 N–H and O–H groups in total. The molecule has 0 radical (unpaired) electrons. The molecule has 148 valence electrons. The fourth-order valence-corrected chi connectivity index (χ4v) is 3.57. The van der Waals surface area contributed by atoms with Crippen LogP contribution in [0.3, 0.4) is 0 Å². The van der Waals surface area contributed by atoms with Gasteiger partial charge in [0.05, 0.1) is 10.9 Å². The highest BCUT2D eigenvalue weighted by molar-refractivity contribution is 8.18. The largest absolute Gasteiger partial charge is 0.457 e. The zero-order valence-corrected chi connectivity index (χ0v) is 15.8. The molecule has 0 bridgehead atoms. The molecule has 3 amide bonds. The van der Waals surface area contributed by atoms with Gasteiger partial charge in [-0.25, -0.2) is 9.18 Å². The Balaban J connectivity index is 1.41. The third-order valence-electron chi connectivity index (χ3n) is 4.28. The minimum absolute atomic E-state index is 0.0552. The van der Waals surface area contributed by atoms with Crippen molar-refractivity contribution in [3.63, 3.8) is 0 Å². The van der Waals surface area contributed by atoms with Crippen molar-refractivity contribution in [1.82, 2.24) is 10.6 Å². The molecule has 4 rings (SSSR count). The number of carbonyl (C=O) groups is 3. The average Bonchev–Trinajstić information content (AvgIpc) is 3.23. The summed E-state index contributed by atoms with van der Waals surface area (Å²) in [5.41, 5.74) is 1.18. The lowest BCUT2D eigenvalue weighted by molar-refractivity contribution is -0.115. The van der Waals surface area contributed by atoms with Gasteiger partial charge in [0, 0.05) is 11.6 Å². The normalized spacial score (nSPS) is 19.8. The number of hydrogen-bond donors (Lipinski definition) is 2. The Morgan fingerprint density at radius 1 is 1.14 bits per heavy atom. The summed E-state index contributed by atoms with van der Waals surface area (Å²) in [5.74, 6) is -0.282. The van der Waals surface area contributed by atoms with Crippen LogP contribution in [0.15, 0.2) is 47.4 Å². The van der Waals surface area contributed by atoms with Gasteiger partial charge in [0.2, 0.25) is 0 Å². The molecule has 0 aliphatic carbocycles. The van der Waals surface area contributed by atoms with E-state index in [1.165, 1.54) is 18.2 Å². The number of imide groups is 1. The zero-order valence-electron chi connectivity index (χ0n) is 14.9. The van der Waals surface area contributed by atoms with Crippen LogP contribution in [0, 0.1) is 5.82 Å². The number of hydrogen-bond acceptors (Lipinski definition) is 6. The van der Waals surface area contributed by atoms with E-state index in [-0.39, 0.29) is 16.5 Å². The summed E-state index contributed by atoms with van der Waals surface area (Å²) in [6.45, 7) is 0.340. The van der Waals surface area contributed by atoms with Crippen LogP contribution >= 0.6 is 11.8 Å². The van der Waals surface area contributed by atoms with E-state index in [1.54, 1.807) is 18.2 Å². The van der Waals surface area contributed by atoms with Gasteiger partial charge in [-0.3, -0.25) is 14.9 Å². The lowest BCUT2D eigenvalue weighted by Crippen LogP contribution is -2.28. The summed E-state index contributed by atoms with van der Waals surface area (Å²) < 4.78 is 24.9. The first-order chi connectivity index (χ1) is 14.0. The second kappa shape index (κ2) is 7.96. The molecule has 2 aliphatic rings. The number of carbonyl (C=O) groups excluding carboxylic acids is 3. The Kier molecular flexibility index (Phi) is 5.22. The highest BCUT2D eigenvalue weighted by Gasteiger charge is 2.25. The number of benzene rings is 2. The molecule has 2 aromatic carbocycles. The number of ether oxygens (including phenoxy) is 2. The van der Waals surface area contributed by atoms with Crippen LogP contribution in [0.5, 0.6) is 11.5 Å². The van der Waals surface area contributed by atoms with Crippen LogP contribution in [0.2, 0.25) is 0 Å². The Hall–Kier alpha value is -3.33. The van der Waals surface area contributed by atoms with Crippen molar-refractivity contribution < 1.29 is 28.2 Å². The van der Waals surface area contributed by atoms with Crippen molar-refractivity contribution in [2.75, 3.05) is 6.61 Å². The third kappa shape index (κ3) is 4.57. The van der Waals surface area contributed by atoms with Crippen LogP contribution in [-0.2, 0) is 16.0 Å². The van der Waals surface area contributed by atoms with E-state index in [4.69, 9.17) is 9.47 Å². The molecule has 7 nitrogen and oxygen atoms in total. The van der Waals surface area contributed by atoms with E-state index >= 15 is 0 Å². The molecule has 2 saturated heterocycles. The van der Waals surface area contributed by atoms with E-state index in [9.17, 15) is 18.8 Å². The maximum Gasteiger partial charge on any atom is 0.407 e. The van der Waals surface area contributed by atoms with Gasteiger partial charge in [0.25, 0.3) is 11.1 Å². The molecule has 1 atom stereocenters. The number of alkyl carbamates (subject to hydrolysis) is 1. The highest BCUT2D eigenvalue weighted by Crippen LogP contribution is 2.29. The van der Waals surface area contributed by atoms with Gasteiger partial charge in [-0.1, -0.05) is 12.1 Å². The van der Waals surface area contributed by atoms with Crippen molar-refractivity contribution in [1.29, 1.82) is 0 Å². The summed E-state index contributed by atoms with van der Waals surface area (Å²) in [7, 11) is 0. The molecular weight excluding hydrogens is 399 g/mol. The van der Waals surface area contributed by atoms with Crippen LogP contribution in [0.4, 0.5) is 14.0 Å². The minimum atomic E-state index is -0.573. The molecule has 2 heterocycles. The number of amides is 3. The van der Waals surface area contributed by atoms with E-state index in [1.807, 2.05) is 12.1 Å². The predicted octanol–water partition coefficient (Wildman–Crippen LogP) is 3.59. The van der Waals surface area contributed by atoms with Gasteiger partial charge >= 0.3 is 6.09 Å². The molecule has 9 heteroatoms. The standard InChI is InChI=1S/C20H15FN2O5S/c21-16-9-15(6-3-12(16)8-17-18(24)23-20(26)29-17)28-14-4-1-11(2-5-14)7-13-10-27-19(25)22-13/h1-6,8-9,13H,7,10H2,(H,22,25)(H,23,24,26)/b17-8+. The van der Waals surface area contributed by atoms with E-state index in [0.717, 1.165) is 17.3 Å². The van der Waals surface area contributed by atoms with E-state index in [0.29, 0.717) is 24.5 Å². The monoisotopic (exact) mass is 414 g/mol. The topological polar surface area (TPSA) is 93.7 Å². The van der Waals surface area contributed by atoms with E-state index < -0.39 is 23.1 Å². The van der Waals surface area contributed by atoms with Crippen LogP contribution in [-0.4, -0.2) is 29.9 Å². The first-order valence-electron chi connectivity index (χ1n) is 8.71. The third-order valence-corrected chi connectivity index (χ3v) is 5.09. The summed E-state index contributed by atoms with van der Waals surface area (Å²) in [6.07, 6.45) is 1.55. The minimum Gasteiger partial charge on any atom is -0.457 e. The number of cyclic esters (lactones) is 1. The molecule has 1 unspecified atom stereocenters. The van der Waals surface area contributed by atoms with Gasteiger partial charge in [-0.05, 0) is 54.1 Å². The molecule has 2 aromatic rings. The van der Waals surface area contributed by atoms with Crippen LogP contribution in [0.1, 0.15) is 11.1 Å². The van der Waals surface area contributed by atoms with E-state index in [2.05, 4.69) is 10.6 Å². The summed E-state index contributed by atoms with van der Waals surface area (Å²) >= 11 is 0.729. The fourth-order valence-electron chi connectivity index (χ4n) is 2.90. The first-order valence-corrected chi connectivity index (χ1v) is 9.52. The Bertz CT molecular complexity index is 1020. The van der Waals surface area contributed by atoms with Crippen LogP contribution < -0.4 is 15.4 Å². The van der Waals surface area contributed by atoms with Crippen molar-refractivity contribution >= 4 is 35.1 Å². The molecule has 2 fully saturated rings. The molecule has 0 saturated carbocycles. The Morgan fingerprint density at radius 2 is 1.90 bits per heavy atom. The summed E-state index contributed by atoms with van der Waals surface area (Å²) in [4.78, 5) is 33.9. The predicted molar refractivity (Wildman–Crippen MR) is 104 cm³/mol. The number of thioether (sulfide) groups is 1. The SMILES string of the molecule is O=C1NC(Cc2ccc(Oc3ccc(/C=C4/SC(=O)NC4=O)c(F)c3)cc2)CO1. The van der Waals surface area contributed by atoms with Gasteiger partial charge in [-0.15, -0.1) is 0 Å². The van der Waals surface area contributed by atoms with Gasteiger partial charge in [-0.2, -0.15) is 0 Å². The Labute approximate surface area is 169 Å². The molecule has 2 aliphatic heterocycles. The smallest absolute Gasteiger partial charge is 0.407 e. The average molecular weight is 414 g/mol. The molecule has 0 spiro atoms. The van der Waals surface area contributed by atoms with Gasteiger partial charge < -0.3 is 14.8 Å². The van der Waals surface area contributed by atoms with Crippen LogP contribution in [0.25, 0.3) is 6.08 Å². The van der Waals surface area contributed by atoms with Crippen molar-refractivity contribution in [3.8, 4) is 11.5 Å². The van der Waals surface area contributed by atoms with Crippen molar-refractivity contribution in [3.05, 3.63) is 64.3 Å². The highest BCUT2D eigenvalue weighted by atomic mass is 32.2. The van der Waals surface area contributed by atoms with Crippen molar-refractivity contribution in [2.24, 2.45) is 0 Å². The molecular formula is C20H15FN2O5S. The number of nitrogens with one attached hydrogen (secondary N) is 2. The Morgan fingerprint density at radius 3 is 2.52 bits per heavy atom. The quantitative estimate of drug-likeness (QED) is 0.727. The molecule has 29 heavy (non-hydrogen) atoms.